The third-order valence-corrected chi connectivity index (χ3v) is 6.81. The molecule has 1 aliphatic carbocycles. The predicted octanol–water partition coefficient (Wildman–Crippen LogP) is 5.20. The molecule has 5 rings (SSSR count). The number of nitrogens with one attached hydrogen (secondary N) is 1. The smallest absolute Gasteiger partial charge is 0.304 e. The molecule has 3 aliphatic rings. The summed E-state index contributed by atoms with van der Waals surface area (Å²) in [6, 6.07) is 15.2. The Morgan fingerprint density at radius 2 is 1.81 bits per heavy atom. The third-order valence-electron chi connectivity index (χ3n) is 6.81. The number of pyridine rings is 1. The van der Waals surface area contributed by atoms with Crippen molar-refractivity contribution in [3.05, 3.63) is 59.3 Å². The number of rotatable bonds is 8. The molecule has 3 N–H and O–H groups in total. The number of hydrogen-bond acceptors (Lipinski definition) is 6. The number of aryl methyl sites for hydroxylation is 2. The first-order valence-electron chi connectivity index (χ1n) is 13.6. The number of aromatic nitrogens is 1. The van der Waals surface area contributed by atoms with Gasteiger partial charge >= 0.3 is 5.97 Å². The first-order valence-corrected chi connectivity index (χ1v) is 13.6. The molecule has 2 aliphatic heterocycles. The SMILES string of the molecule is CN(O)CCC(=O)O.[U].c1cc2c(nc1CCCN1CCCCC1)NCCC2.c1ccc(C2CC2)cc1. The van der Waals surface area contributed by atoms with Crippen LogP contribution < -0.4 is 5.32 Å². The minimum Gasteiger partial charge on any atom is -0.481 e. The molecule has 202 valence electrons. The Morgan fingerprint density at radius 3 is 2.43 bits per heavy atom. The van der Waals surface area contributed by atoms with Crippen LogP contribution in [0.15, 0.2) is 42.5 Å². The number of likely N-dealkylation sites (tertiary alicyclic amines) is 1. The van der Waals surface area contributed by atoms with Gasteiger partial charge in [-0.1, -0.05) is 42.8 Å². The van der Waals surface area contributed by atoms with Crippen molar-refractivity contribution in [1.82, 2.24) is 14.9 Å². The molecule has 2 aromatic rings. The molecular weight excluding hydrogens is 690 g/mol. The Balaban J connectivity index is 0.000000224. The van der Waals surface area contributed by atoms with Gasteiger partial charge in [-0.25, -0.2) is 4.98 Å². The molecule has 0 atom stereocenters. The molecule has 1 aromatic carbocycles. The van der Waals surface area contributed by atoms with Gasteiger partial charge in [-0.15, -0.1) is 0 Å². The molecule has 1 aromatic heterocycles. The molecule has 0 bridgehead atoms. The van der Waals surface area contributed by atoms with Crippen LogP contribution in [-0.4, -0.2) is 71.0 Å². The van der Waals surface area contributed by atoms with Gasteiger partial charge < -0.3 is 20.5 Å². The average molecular weight is 735 g/mol. The number of anilines is 1. The van der Waals surface area contributed by atoms with Gasteiger partial charge in [0.2, 0.25) is 0 Å². The van der Waals surface area contributed by atoms with Crippen molar-refractivity contribution in [2.45, 2.75) is 70.1 Å². The first kappa shape index (κ1) is 31.8. The van der Waals surface area contributed by atoms with Crippen LogP contribution in [0.1, 0.15) is 74.1 Å². The van der Waals surface area contributed by atoms with Crippen molar-refractivity contribution in [2.24, 2.45) is 0 Å². The fourth-order valence-corrected chi connectivity index (χ4v) is 4.57. The van der Waals surface area contributed by atoms with Gasteiger partial charge in [0.05, 0.1) is 6.42 Å². The van der Waals surface area contributed by atoms with Crippen LogP contribution in [0.3, 0.4) is 0 Å². The first-order chi connectivity index (χ1) is 17.5. The predicted molar refractivity (Wildman–Crippen MR) is 145 cm³/mol. The van der Waals surface area contributed by atoms with E-state index < -0.39 is 5.97 Å². The van der Waals surface area contributed by atoms with Crippen molar-refractivity contribution in [3.63, 3.8) is 0 Å². The van der Waals surface area contributed by atoms with E-state index in [2.05, 4.69) is 52.7 Å². The van der Waals surface area contributed by atoms with Gasteiger partial charge in [-0.05, 0) is 94.1 Å². The normalized spacial score (nSPS) is 16.6. The van der Waals surface area contributed by atoms with E-state index in [4.69, 9.17) is 15.3 Å². The van der Waals surface area contributed by atoms with E-state index in [9.17, 15) is 4.79 Å². The van der Waals surface area contributed by atoms with Gasteiger partial charge in [0.1, 0.15) is 5.82 Å². The van der Waals surface area contributed by atoms with E-state index in [0.717, 1.165) is 29.8 Å². The van der Waals surface area contributed by atoms with Crippen molar-refractivity contribution in [2.75, 3.05) is 45.1 Å². The van der Waals surface area contributed by atoms with Crippen LogP contribution >= 0.6 is 0 Å². The van der Waals surface area contributed by atoms with Gasteiger partial charge in [0.15, 0.2) is 0 Å². The number of aliphatic carboxylic acids is 1. The molecule has 37 heavy (non-hydrogen) atoms. The Labute approximate surface area is 246 Å². The number of hydrogen-bond donors (Lipinski definition) is 3. The molecule has 0 amide bonds. The number of nitrogens with zero attached hydrogens (tertiary/aromatic N) is 3. The van der Waals surface area contributed by atoms with E-state index >= 15 is 0 Å². The fraction of sp³-hybridized carbons (Fsp3) is 0.586. The largest absolute Gasteiger partial charge is 0.481 e. The summed E-state index contributed by atoms with van der Waals surface area (Å²) in [5.74, 6) is 1.15. The Morgan fingerprint density at radius 1 is 1.08 bits per heavy atom. The molecule has 3 heterocycles. The number of piperidine rings is 1. The molecule has 8 heteroatoms. The molecular formula is C29H44N4O3U. The maximum absolute atomic E-state index is 9.77. The zero-order valence-corrected chi connectivity index (χ0v) is 26.5. The maximum Gasteiger partial charge on any atom is 0.304 e. The van der Waals surface area contributed by atoms with Crippen LogP contribution in [0.4, 0.5) is 5.82 Å². The van der Waals surface area contributed by atoms with Crippen molar-refractivity contribution in [1.29, 1.82) is 0 Å². The minimum absolute atomic E-state index is 0. The van der Waals surface area contributed by atoms with Crippen LogP contribution in [-0.2, 0) is 17.6 Å². The quantitative estimate of drug-likeness (QED) is 0.322. The van der Waals surface area contributed by atoms with Crippen LogP contribution in [0.2, 0.25) is 0 Å². The summed E-state index contributed by atoms with van der Waals surface area (Å²) in [5, 5.41) is 20.7. The van der Waals surface area contributed by atoms with E-state index in [1.165, 1.54) is 94.9 Å². The number of carboxylic acid groups (broad SMARTS) is 1. The summed E-state index contributed by atoms with van der Waals surface area (Å²) >= 11 is 0. The van der Waals surface area contributed by atoms with Crippen molar-refractivity contribution >= 4 is 11.8 Å². The summed E-state index contributed by atoms with van der Waals surface area (Å²) in [5.41, 5.74) is 4.17. The van der Waals surface area contributed by atoms with Gasteiger partial charge in [0.25, 0.3) is 0 Å². The van der Waals surface area contributed by atoms with E-state index in [-0.39, 0.29) is 44.1 Å². The van der Waals surface area contributed by atoms with E-state index in [0.29, 0.717) is 0 Å². The number of hydroxylamine groups is 2. The standard InChI is InChI=1S/C16H25N3.C9H10.C4H9NO3.U/c1-2-11-19(12-3-1)13-5-7-15-9-8-14-6-4-10-17-16(14)18-15;1-2-4-8(5-3-1)9-6-7-9;1-5(8)3-2-4(6)7;/h8-9H,1-7,10-13H2,(H,17,18);1-5,9H,6-7H2;8H,2-3H2,1H3,(H,6,7);. The van der Waals surface area contributed by atoms with E-state index in [1.54, 1.807) is 0 Å². The summed E-state index contributed by atoms with van der Waals surface area (Å²) in [6.45, 7) is 5.11. The van der Waals surface area contributed by atoms with Crippen molar-refractivity contribution in [3.8, 4) is 0 Å². The molecule has 0 radical (unpaired) electrons. The summed E-state index contributed by atoms with van der Waals surface area (Å²) in [4.78, 5) is 17.1. The molecule has 1 saturated carbocycles. The summed E-state index contributed by atoms with van der Waals surface area (Å²) in [6.07, 6.45) is 11.8. The second-order valence-electron chi connectivity index (χ2n) is 10.1. The molecule has 2 fully saturated rings. The minimum atomic E-state index is -0.897. The van der Waals surface area contributed by atoms with Crippen molar-refractivity contribution < 1.29 is 46.2 Å². The fourth-order valence-electron chi connectivity index (χ4n) is 4.57. The monoisotopic (exact) mass is 734 g/mol. The Kier molecular flexibility index (Phi) is 15.4. The second-order valence-corrected chi connectivity index (χ2v) is 10.1. The van der Waals surface area contributed by atoms with Crippen LogP contribution in [0.5, 0.6) is 0 Å². The zero-order valence-electron chi connectivity index (χ0n) is 22.4. The third kappa shape index (κ3) is 13.3. The number of carboxylic acids is 1. The van der Waals surface area contributed by atoms with Gasteiger partial charge in [-0.2, -0.15) is 5.06 Å². The van der Waals surface area contributed by atoms with Crippen LogP contribution in [0, 0.1) is 31.1 Å². The van der Waals surface area contributed by atoms with Crippen LogP contribution in [0.25, 0.3) is 0 Å². The molecule has 0 unspecified atom stereocenters. The zero-order chi connectivity index (χ0) is 25.6. The molecule has 7 nitrogen and oxygen atoms in total. The summed E-state index contributed by atoms with van der Waals surface area (Å²) < 4.78 is 0. The number of carbonyl (C=O) groups is 1. The van der Waals surface area contributed by atoms with E-state index in [1.807, 2.05) is 0 Å². The van der Waals surface area contributed by atoms with Gasteiger partial charge in [0, 0.05) is 56.9 Å². The topological polar surface area (TPSA) is 88.9 Å². The Bertz CT molecular complexity index is 903. The molecule has 0 spiro atoms. The number of fused-ring (bicyclic) bond motifs is 1. The second kappa shape index (κ2) is 18.0. The number of benzene rings is 1. The molecule has 1 saturated heterocycles. The maximum atomic E-state index is 9.77. The van der Waals surface area contributed by atoms with Gasteiger partial charge in [-0.3, -0.25) is 4.79 Å². The Hall–Kier alpha value is -1.43. The average Bonchev–Trinajstić information content (AvgIpc) is 3.75. The summed E-state index contributed by atoms with van der Waals surface area (Å²) in [7, 11) is 1.41.